The molecule has 3 heterocycles. The molecule has 0 bridgehead atoms. The summed E-state index contributed by atoms with van der Waals surface area (Å²) < 4.78 is 15.4. The minimum absolute atomic E-state index is 0.106. The maximum absolute atomic E-state index is 6.50. The van der Waals surface area contributed by atoms with Crippen molar-refractivity contribution in [2.75, 3.05) is 0 Å². The van der Waals surface area contributed by atoms with Gasteiger partial charge in [0, 0.05) is 25.6 Å². The van der Waals surface area contributed by atoms with Crippen LogP contribution in [0.25, 0.3) is 31.3 Å². The fraction of sp³-hybridized carbons (Fsp3) is 0. The van der Waals surface area contributed by atoms with Gasteiger partial charge in [-0.15, -0.1) is 11.3 Å². The van der Waals surface area contributed by atoms with Crippen molar-refractivity contribution in [2.45, 2.75) is 0 Å². The van der Waals surface area contributed by atoms with Crippen molar-refractivity contribution >= 4 is 54.6 Å². The Morgan fingerprint density at radius 3 is 2.21 bits per heavy atom. The van der Waals surface area contributed by atoms with E-state index in [-0.39, 0.29) is 6.71 Å². The molecule has 0 amide bonds. The number of fused-ring (bicyclic) bond motifs is 7. The van der Waals surface area contributed by atoms with E-state index in [9.17, 15) is 0 Å². The topological polar surface area (TPSA) is 18.5 Å². The molecule has 1 aromatic heterocycles. The summed E-state index contributed by atoms with van der Waals surface area (Å²) in [6.07, 6.45) is 0. The molecule has 4 heteroatoms. The number of hydrogen-bond acceptors (Lipinski definition) is 3. The fourth-order valence-corrected chi connectivity index (χ4v) is 6.76. The summed E-state index contributed by atoms with van der Waals surface area (Å²) in [5.74, 6) is 3.60. The molecule has 158 valence electrons. The van der Waals surface area contributed by atoms with Gasteiger partial charge in [-0.2, -0.15) is 0 Å². The summed E-state index contributed by atoms with van der Waals surface area (Å²) in [7, 11) is 0. The largest absolute Gasteiger partial charge is 0.458 e. The molecule has 2 nitrogen and oxygen atoms in total. The Kier molecular flexibility index (Phi) is 3.66. The van der Waals surface area contributed by atoms with Crippen LogP contribution in [0, 0.1) is 0 Å². The van der Waals surface area contributed by atoms with Crippen LogP contribution >= 0.6 is 11.3 Å². The van der Waals surface area contributed by atoms with E-state index < -0.39 is 0 Å². The third-order valence-electron chi connectivity index (χ3n) is 7.02. The summed E-state index contributed by atoms with van der Waals surface area (Å²) in [6, 6.07) is 36.4. The Hall–Kier alpha value is -4.02. The quantitative estimate of drug-likeness (QED) is 0.267. The summed E-state index contributed by atoms with van der Waals surface area (Å²) in [4.78, 5) is 0. The van der Waals surface area contributed by atoms with Crippen LogP contribution in [0.5, 0.6) is 23.0 Å². The number of hydrogen-bond donors (Lipinski definition) is 0. The maximum atomic E-state index is 6.50. The van der Waals surface area contributed by atoms with Crippen LogP contribution in [0.1, 0.15) is 0 Å². The Bertz CT molecular complexity index is 1780. The molecule has 0 saturated carbocycles. The van der Waals surface area contributed by atoms with E-state index >= 15 is 0 Å². The molecule has 0 radical (unpaired) electrons. The first-order valence-corrected chi connectivity index (χ1v) is 12.3. The third kappa shape index (κ3) is 2.46. The molecule has 0 atom stereocenters. The number of thiophene rings is 1. The van der Waals surface area contributed by atoms with E-state index in [2.05, 4.69) is 78.9 Å². The Labute approximate surface area is 201 Å². The van der Waals surface area contributed by atoms with E-state index in [0.717, 1.165) is 28.5 Å². The van der Waals surface area contributed by atoms with Crippen molar-refractivity contribution in [1.29, 1.82) is 0 Å². The van der Waals surface area contributed by atoms with Crippen LogP contribution in [0.4, 0.5) is 0 Å². The predicted molar refractivity (Wildman–Crippen MR) is 142 cm³/mol. The second-order valence-corrected chi connectivity index (χ2v) is 9.93. The highest BCUT2D eigenvalue weighted by Gasteiger charge is 2.39. The first kappa shape index (κ1) is 18.4. The number of rotatable bonds is 1. The molecule has 2 aliphatic rings. The zero-order valence-electron chi connectivity index (χ0n) is 18.1. The predicted octanol–water partition coefficient (Wildman–Crippen LogP) is 6.45. The highest BCUT2D eigenvalue weighted by molar-refractivity contribution is 7.26. The maximum Gasteiger partial charge on any atom is 0.260 e. The van der Waals surface area contributed by atoms with Gasteiger partial charge in [-0.25, -0.2) is 0 Å². The average Bonchev–Trinajstić information content (AvgIpc) is 3.27. The number of para-hydroxylation sites is 1. The molecule has 8 rings (SSSR count). The van der Waals surface area contributed by atoms with Gasteiger partial charge in [0.2, 0.25) is 0 Å². The van der Waals surface area contributed by atoms with Crippen molar-refractivity contribution < 1.29 is 9.47 Å². The molecule has 0 saturated heterocycles. The number of benzene rings is 5. The lowest BCUT2D eigenvalue weighted by Crippen LogP contribution is -2.57. The monoisotopic (exact) mass is 452 g/mol. The van der Waals surface area contributed by atoms with Crippen molar-refractivity contribution in [3.63, 3.8) is 0 Å². The van der Waals surface area contributed by atoms with Gasteiger partial charge in [-0.1, -0.05) is 72.8 Å². The third-order valence-corrected chi connectivity index (χ3v) is 8.24. The van der Waals surface area contributed by atoms with Crippen molar-refractivity contribution in [3.8, 4) is 34.1 Å². The van der Waals surface area contributed by atoms with E-state index in [4.69, 9.17) is 9.47 Å². The SMILES string of the molecule is c1ccc2c(c1)Oc1cccc3c1B2c1ccc(-c2cccc4c2sc2ccccc24)cc1O3. The highest BCUT2D eigenvalue weighted by Crippen LogP contribution is 2.41. The van der Waals surface area contributed by atoms with Crippen LogP contribution in [0.3, 0.4) is 0 Å². The van der Waals surface area contributed by atoms with Crippen LogP contribution in [-0.2, 0) is 0 Å². The normalized spacial score (nSPS) is 13.1. The molecule has 34 heavy (non-hydrogen) atoms. The Morgan fingerprint density at radius 1 is 0.559 bits per heavy atom. The van der Waals surface area contributed by atoms with E-state index in [0.29, 0.717) is 0 Å². The fourth-order valence-electron chi connectivity index (χ4n) is 5.52. The molecule has 0 unspecified atom stereocenters. The second-order valence-electron chi connectivity index (χ2n) is 8.88. The molecule has 2 aliphatic heterocycles. The van der Waals surface area contributed by atoms with Gasteiger partial charge in [-0.3, -0.25) is 0 Å². The first-order valence-electron chi connectivity index (χ1n) is 11.5. The zero-order chi connectivity index (χ0) is 22.2. The molecule has 0 fully saturated rings. The van der Waals surface area contributed by atoms with Gasteiger partial charge in [0.05, 0.1) is 0 Å². The minimum Gasteiger partial charge on any atom is -0.458 e. The second kappa shape index (κ2) is 6.75. The van der Waals surface area contributed by atoms with Crippen LogP contribution < -0.4 is 25.9 Å². The van der Waals surface area contributed by atoms with E-state index in [1.54, 1.807) is 0 Å². The molecule has 0 aliphatic carbocycles. The van der Waals surface area contributed by atoms with Gasteiger partial charge in [-0.05, 0) is 52.4 Å². The number of ether oxygens (including phenoxy) is 2. The van der Waals surface area contributed by atoms with Crippen molar-refractivity contribution in [2.24, 2.45) is 0 Å². The smallest absolute Gasteiger partial charge is 0.260 e. The zero-order valence-corrected chi connectivity index (χ0v) is 18.9. The van der Waals surface area contributed by atoms with E-state index in [1.807, 2.05) is 35.6 Å². The Balaban J connectivity index is 1.34. The van der Waals surface area contributed by atoms with Gasteiger partial charge < -0.3 is 9.47 Å². The summed E-state index contributed by atoms with van der Waals surface area (Å²) in [6.45, 7) is 0.106. The molecule has 5 aromatic carbocycles. The van der Waals surface area contributed by atoms with E-state index in [1.165, 1.54) is 42.2 Å². The average molecular weight is 452 g/mol. The van der Waals surface area contributed by atoms with Gasteiger partial charge in [0.15, 0.2) is 0 Å². The van der Waals surface area contributed by atoms with Crippen molar-refractivity contribution in [1.82, 2.24) is 0 Å². The van der Waals surface area contributed by atoms with Crippen LogP contribution in [0.15, 0.2) is 103 Å². The van der Waals surface area contributed by atoms with Crippen LogP contribution in [-0.4, -0.2) is 6.71 Å². The summed E-state index contributed by atoms with van der Waals surface area (Å²) >= 11 is 1.86. The minimum atomic E-state index is 0.106. The standard InChI is InChI=1S/C30H17BO2S/c1-4-14-28-20(7-1)21-9-5-8-19(30(21)34-28)18-15-16-23-27(17-18)33-26-13-6-12-25-29(26)31(23)22-10-2-3-11-24(22)32-25/h1-17H. The lowest BCUT2D eigenvalue weighted by molar-refractivity contribution is 0.464. The van der Waals surface area contributed by atoms with Gasteiger partial charge in [0.25, 0.3) is 6.71 Å². The summed E-state index contributed by atoms with van der Waals surface area (Å²) in [5.41, 5.74) is 5.91. The van der Waals surface area contributed by atoms with Gasteiger partial charge in [0.1, 0.15) is 23.0 Å². The lowest BCUT2D eigenvalue weighted by atomic mass is 9.35. The molecular formula is C30H17BO2S. The van der Waals surface area contributed by atoms with Crippen LogP contribution in [0.2, 0.25) is 0 Å². The summed E-state index contributed by atoms with van der Waals surface area (Å²) in [5, 5.41) is 2.63. The molecular weight excluding hydrogens is 435 g/mol. The molecule has 6 aromatic rings. The first-order chi connectivity index (χ1) is 16.8. The lowest BCUT2D eigenvalue weighted by Gasteiger charge is -2.32. The highest BCUT2D eigenvalue weighted by atomic mass is 32.1. The van der Waals surface area contributed by atoms with Crippen molar-refractivity contribution in [3.05, 3.63) is 103 Å². The molecule has 0 spiro atoms. The van der Waals surface area contributed by atoms with Gasteiger partial charge >= 0.3 is 0 Å². The Morgan fingerprint density at radius 2 is 1.26 bits per heavy atom. The molecule has 0 N–H and O–H groups in total.